The summed E-state index contributed by atoms with van der Waals surface area (Å²) in [6, 6.07) is 5.31. The second kappa shape index (κ2) is 4.84. The smallest absolute Gasteiger partial charge is 0.270 e. The average Bonchev–Trinajstić information content (AvgIpc) is 2.73. The molecule has 1 amide bonds. The summed E-state index contributed by atoms with van der Waals surface area (Å²) in [5, 5.41) is 12.4. The Hall–Kier alpha value is -1.42. The van der Waals surface area contributed by atoms with E-state index in [4.69, 9.17) is 0 Å². The molecular formula is C13H18N2O2. The van der Waals surface area contributed by atoms with Crippen LogP contribution in [0.3, 0.4) is 0 Å². The SMILES string of the molecule is CC1(CO)CCCC1NC(=O)c1ccccn1. The number of aliphatic hydroxyl groups excluding tert-OH is 1. The predicted octanol–water partition coefficient (Wildman–Crippen LogP) is 1.36. The minimum absolute atomic E-state index is 0.0435. The summed E-state index contributed by atoms with van der Waals surface area (Å²) in [6.45, 7) is 2.13. The van der Waals surface area contributed by atoms with Crippen molar-refractivity contribution in [3.05, 3.63) is 30.1 Å². The fraction of sp³-hybridized carbons (Fsp3) is 0.538. The van der Waals surface area contributed by atoms with Crippen LogP contribution in [0.5, 0.6) is 0 Å². The summed E-state index contributed by atoms with van der Waals surface area (Å²) in [6.07, 6.45) is 4.53. The molecule has 2 rings (SSSR count). The zero-order chi connectivity index (χ0) is 12.3. The van der Waals surface area contributed by atoms with Gasteiger partial charge in [-0.2, -0.15) is 0 Å². The molecule has 1 aliphatic rings. The van der Waals surface area contributed by atoms with Gasteiger partial charge in [0.15, 0.2) is 0 Å². The highest BCUT2D eigenvalue weighted by molar-refractivity contribution is 5.92. The van der Waals surface area contributed by atoms with Crippen molar-refractivity contribution in [1.29, 1.82) is 0 Å². The van der Waals surface area contributed by atoms with Crippen LogP contribution in [0.4, 0.5) is 0 Å². The van der Waals surface area contributed by atoms with Crippen molar-refractivity contribution < 1.29 is 9.90 Å². The van der Waals surface area contributed by atoms with Gasteiger partial charge in [-0.3, -0.25) is 9.78 Å². The summed E-state index contributed by atoms with van der Waals surface area (Å²) in [5.74, 6) is -0.155. The lowest BCUT2D eigenvalue weighted by Crippen LogP contribution is -2.44. The highest BCUT2D eigenvalue weighted by Crippen LogP contribution is 2.37. The molecule has 2 N–H and O–H groups in total. The van der Waals surface area contributed by atoms with E-state index in [1.807, 2.05) is 6.92 Å². The van der Waals surface area contributed by atoms with Gasteiger partial charge in [-0.15, -0.1) is 0 Å². The number of nitrogens with zero attached hydrogens (tertiary/aromatic N) is 1. The average molecular weight is 234 g/mol. The van der Waals surface area contributed by atoms with Crippen molar-refractivity contribution in [1.82, 2.24) is 10.3 Å². The monoisotopic (exact) mass is 234 g/mol. The van der Waals surface area contributed by atoms with Crippen LogP contribution in [-0.2, 0) is 0 Å². The Labute approximate surface area is 101 Å². The number of pyridine rings is 1. The highest BCUT2D eigenvalue weighted by Gasteiger charge is 2.39. The van der Waals surface area contributed by atoms with Crippen LogP contribution in [0.15, 0.2) is 24.4 Å². The normalized spacial score (nSPS) is 28.0. The van der Waals surface area contributed by atoms with E-state index in [1.54, 1.807) is 24.4 Å². The maximum Gasteiger partial charge on any atom is 0.270 e. The lowest BCUT2D eigenvalue weighted by atomic mass is 9.86. The summed E-state index contributed by atoms with van der Waals surface area (Å²) >= 11 is 0. The molecule has 1 aromatic heterocycles. The van der Waals surface area contributed by atoms with Gasteiger partial charge in [-0.1, -0.05) is 19.4 Å². The second-order valence-electron chi connectivity index (χ2n) is 4.95. The Morgan fingerprint density at radius 3 is 3.12 bits per heavy atom. The maximum absolute atomic E-state index is 11.9. The Kier molecular flexibility index (Phi) is 3.43. The first kappa shape index (κ1) is 12.0. The Morgan fingerprint density at radius 1 is 1.65 bits per heavy atom. The largest absolute Gasteiger partial charge is 0.396 e. The van der Waals surface area contributed by atoms with Crippen LogP contribution in [0.25, 0.3) is 0 Å². The van der Waals surface area contributed by atoms with Crippen molar-refractivity contribution in [2.45, 2.75) is 32.2 Å². The van der Waals surface area contributed by atoms with Gasteiger partial charge in [-0.05, 0) is 25.0 Å². The summed E-state index contributed by atoms with van der Waals surface area (Å²) in [5.41, 5.74) is 0.240. The number of carbonyl (C=O) groups excluding carboxylic acids is 1. The van der Waals surface area contributed by atoms with Gasteiger partial charge in [0.2, 0.25) is 0 Å². The molecule has 1 aromatic rings. The van der Waals surface area contributed by atoms with Crippen LogP contribution >= 0.6 is 0 Å². The minimum atomic E-state index is -0.190. The number of hydrogen-bond donors (Lipinski definition) is 2. The molecule has 0 bridgehead atoms. The van der Waals surface area contributed by atoms with Gasteiger partial charge in [0.1, 0.15) is 5.69 Å². The van der Waals surface area contributed by atoms with Crippen LogP contribution in [0.1, 0.15) is 36.7 Å². The van der Waals surface area contributed by atoms with E-state index < -0.39 is 0 Å². The molecule has 1 fully saturated rings. The van der Waals surface area contributed by atoms with Crippen LogP contribution in [-0.4, -0.2) is 28.6 Å². The molecule has 17 heavy (non-hydrogen) atoms. The van der Waals surface area contributed by atoms with Crippen molar-refractivity contribution in [2.24, 2.45) is 5.41 Å². The lowest BCUT2D eigenvalue weighted by molar-refractivity contribution is 0.0826. The van der Waals surface area contributed by atoms with Gasteiger partial charge < -0.3 is 10.4 Å². The zero-order valence-corrected chi connectivity index (χ0v) is 10.0. The number of amides is 1. The first-order chi connectivity index (χ1) is 8.15. The number of hydrogen-bond acceptors (Lipinski definition) is 3. The molecule has 92 valence electrons. The number of rotatable bonds is 3. The van der Waals surface area contributed by atoms with Crippen LogP contribution in [0, 0.1) is 5.41 Å². The van der Waals surface area contributed by atoms with Crippen molar-refractivity contribution in [2.75, 3.05) is 6.61 Å². The molecule has 2 atom stereocenters. The molecule has 1 saturated carbocycles. The third kappa shape index (κ3) is 2.47. The van der Waals surface area contributed by atoms with Crippen LogP contribution < -0.4 is 5.32 Å². The molecular weight excluding hydrogens is 216 g/mol. The quantitative estimate of drug-likeness (QED) is 0.830. The predicted molar refractivity (Wildman–Crippen MR) is 64.5 cm³/mol. The number of carbonyl (C=O) groups is 1. The Morgan fingerprint density at radius 2 is 2.47 bits per heavy atom. The van der Waals surface area contributed by atoms with E-state index in [9.17, 15) is 9.90 Å². The van der Waals surface area contributed by atoms with Gasteiger partial charge in [0, 0.05) is 17.7 Å². The molecule has 0 saturated heterocycles. The molecule has 0 aliphatic heterocycles. The standard InChI is InChI=1S/C13H18N2O2/c1-13(9-16)7-4-6-11(13)15-12(17)10-5-2-3-8-14-10/h2-3,5,8,11,16H,4,6-7,9H2,1H3,(H,15,17). The van der Waals surface area contributed by atoms with E-state index in [2.05, 4.69) is 10.3 Å². The summed E-state index contributed by atoms with van der Waals surface area (Å²) in [7, 11) is 0. The maximum atomic E-state index is 11.9. The fourth-order valence-corrected chi connectivity index (χ4v) is 2.40. The topological polar surface area (TPSA) is 62.2 Å². The van der Waals surface area contributed by atoms with Crippen molar-refractivity contribution in [3.63, 3.8) is 0 Å². The van der Waals surface area contributed by atoms with E-state index >= 15 is 0 Å². The molecule has 1 aliphatic carbocycles. The third-order valence-electron chi connectivity index (χ3n) is 3.65. The molecule has 0 aromatic carbocycles. The van der Waals surface area contributed by atoms with Crippen molar-refractivity contribution in [3.8, 4) is 0 Å². The molecule has 0 radical (unpaired) electrons. The Bertz CT molecular complexity index is 394. The molecule has 2 unspecified atom stereocenters. The van der Waals surface area contributed by atoms with E-state index in [-0.39, 0.29) is 24.0 Å². The summed E-state index contributed by atoms with van der Waals surface area (Å²) < 4.78 is 0. The Balaban J connectivity index is 2.04. The van der Waals surface area contributed by atoms with Crippen molar-refractivity contribution >= 4 is 5.91 Å². The van der Waals surface area contributed by atoms with Gasteiger partial charge in [-0.25, -0.2) is 0 Å². The number of nitrogens with one attached hydrogen (secondary N) is 1. The molecule has 4 nitrogen and oxygen atoms in total. The molecule has 0 spiro atoms. The number of aromatic nitrogens is 1. The number of aliphatic hydroxyl groups is 1. The van der Waals surface area contributed by atoms with E-state index in [0.29, 0.717) is 5.69 Å². The first-order valence-electron chi connectivity index (χ1n) is 5.98. The lowest BCUT2D eigenvalue weighted by Gasteiger charge is -2.29. The minimum Gasteiger partial charge on any atom is -0.396 e. The fourth-order valence-electron chi connectivity index (χ4n) is 2.40. The summed E-state index contributed by atoms with van der Waals surface area (Å²) in [4.78, 5) is 16.0. The molecule has 4 heteroatoms. The van der Waals surface area contributed by atoms with Crippen LogP contribution in [0.2, 0.25) is 0 Å². The zero-order valence-electron chi connectivity index (χ0n) is 10.0. The van der Waals surface area contributed by atoms with Gasteiger partial charge in [0.25, 0.3) is 5.91 Å². The van der Waals surface area contributed by atoms with Gasteiger partial charge in [0.05, 0.1) is 6.61 Å². The highest BCUT2D eigenvalue weighted by atomic mass is 16.3. The molecule has 1 heterocycles. The van der Waals surface area contributed by atoms with E-state index in [1.165, 1.54) is 0 Å². The third-order valence-corrected chi connectivity index (χ3v) is 3.65. The second-order valence-corrected chi connectivity index (χ2v) is 4.95. The van der Waals surface area contributed by atoms with Gasteiger partial charge >= 0.3 is 0 Å². The first-order valence-corrected chi connectivity index (χ1v) is 5.98. The van der Waals surface area contributed by atoms with E-state index in [0.717, 1.165) is 19.3 Å².